The van der Waals surface area contributed by atoms with E-state index in [0.717, 1.165) is 28.0 Å². The third kappa shape index (κ3) is 4.14. The molecule has 0 aliphatic carbocycles. The number of hydrogen-bond acceptors (Lipinski definition) is 4. The van der Waals surface area contributed by atoms with Crippen molar-refractivity contribution in [2.24, 2.45) is 0 Å². The van der Waals surface area contributed by atoms with Crippen molar-refractivity contribution in [1.82, 2.24) is 24.1 Å². The number of aromatic nitrogens is 5. The second-order valence-electron chi connectivity index (χ2n) is 8.14. The van der Waals surface area contributed by atoms with Crippen molar-refractivity contribution in [3.63, 3.8) is 0 Å². The van der Waals surface area contributed by atoms with Gasteiger partial charge in [-0.25, -0.2) is 4.68 Å². The van der Waals surface area contributed by atoms with E-state index in [0.29, 0.717) is 22.2 Å². The molecule has 5 rings (SSSR count). The number of nitrogens with one attached hydrogen (secondary N) is 1. The molecule has 9 heteroatoms. The van der Waals surface area contributed by atoms with Gasteiger partial charge in [-0.05, 0) is 48.4 Å². The topological polar surface area (TPSA) is 84.7 Å². The Morgan fingerprint density at radius 3 is 2.38 bits per heavy atom. The number of hydrogen-bond donors (Lipinski definition) is 2. The van der Waals surface area contributed by atoms with Gasteiger partial charge in [-0.15, -0.1) is 5.10 Å². The highest BCUT2D eigenvalue weighted by Gasteiger charge is 2.17. The van der Waals surface area contributed by atoms with Gasteiger partial charge in [0.25, 0.3) is 0 Å². The van der Waals surface area contributed by atoms with Gasteiger partial charge in [-0.1, -0.05) is 64.8 Å². The van der Waals surface area contributed by atoms with Gasteiger partial charge < -0.3 is 14.2 Å². The highest BCUT2D eigenvalue weighted by molar-refractivity contribution is 6.42. The van der Waals surface area contributed by atoms with Gasteiger partial charge in [0.15, 0.2) is 0 Å². The monoisotopic (exact) mass is 492 g/mol. The second kappa shape index (κ2) is 9.10. The number of aryl methyl sites for hydroxylation is 1. The number of fused-ring (bicyclic) bond motifs is 1. The molecule has 0 saturated carbocycles. The number of aliphatic hydroxyl groups excluding tert-OH is 1. The highest BCUT2D eigenvalue weighted by atomic mass is 35.5. The number of halogens is 2. The van der Waals surface area contributed by atoms with E-state index in [2.05, 4.69) is 10.3 Å². The first-order valence-corrected chi connectivity index (χ1v) is 11.5. The molecule has 172 valence electrons. The largest absolute Gasteiger partial charge is 0.387 e. The molecule has 3 aromatic carbocycles. The molecular weight excluding hydrogens is 471 g/mol. The summed E-state index contributed by atoms with van der Waals surface area (Å²) < 4.78 is 5.40. The Hall–Kier alpha value is -3.39. The Kier molecular flexibility index (Phi) is 6.00. The molecule has 2 heterocycles. The summed E-state index contributed by atoms with van der Waals surface area (Å²) in [6, 6.07) is 20.8. The lowest BCUT2D eigenvalue weighted by atomic mass is 10.1. The zero-order valence-corrected chi connectivity index (χ0v) is 19.9. The van der Waals surface area contributed by atoms with Gasteiger partial charge in [0.1, 0.15) is 5.69 Å². The number of benzene rings is 3. The Balaban J connectivity index is 1.49. The average molecular weight is 493 g/mol. The molecule has 5 aromatic rings. The molecule has 0 aliphatic heterocycles. The smallest absolute Gasteiger partial charge is 0.203 e. The van der Waals surface area contributed by atoms with E-state index in [4.69, 9.17) is 28.6 Å². The van der Waals surface area contributed by atoms with Crippen molar-refractivity contribution in [2.75, 3.05) is 0 Å². The lowest BCUT2D eigenvalue weighted by Crippen LogP contribution is -2.27. The summed E-state index contributed by atoms with van der Waals surface area (Å²) in [7, 11) is 0. The number of imidazole rings is 1. The molecule has 0 radical (unpaired) electrons. The summed E-state index contributed by atoms with van der Waals surface area (Å²) in [6.07, 6.45) is 1.02. The zero-order chi connectivity index (χ0) is 23.8. The normalized spacial score (nSPS) is 12.4. The van der Waals surface area contributed by atoms with Crippen LogP contribution < -0.4 is 5.62 Å². The van der Waals surface area contributed by atoms with Crippen LogP contribution in [-0.4, -0.2) is 29.2 Å². The molecule has 0 bridgehead atoms. The van der Waals surface area contributed by atoms with Crippen LogP contribution in [0, 0.1) is 12.3 Å². The second-order valence-corrected chi connectivity index (χ2v) is 8.95. The molecule has 0 amide bonds. The molecule has 0 spiro atoms. The fraction of sp³-hybridized carbons (Fsp3) is 0.160. The molecule has 34 heavy (non-hydrogen) atoms. The first kappa shape index (κ1) is 22.4. The first-order chi connectivity index (χ1) is 16.4. The van der Waals surface area contributed by atoms with Gasteiger partial charge in [0.2, 0.25) is 5.62 Å². The maximum absolute atomic E-state index is 10.9. The number of rotatable bonds is 6. The summed E-state index contributed by atoms with van der Waals surface area (Å²) in [6.45, 7) is 2.60. The molecule has 0 saturated heterocycles. The standard InChI is InChI=1S/C25H22Cl2N6O/c1-16-6-2-3-7-21(16)33-14-18(29-30-33)13-31-22-8-4-5-9-23(22)32(25(31)28)15-24(34)17-10-11-19(26)20(27)12-17/h2-12,14,24,28,34H,13,15H2,1H3. The van der Waals surface area contributed by atoms with E-state index in [9.17, 15) is 5.11 Å². The maximum atomic E-state index is 10.9. The fourth-order valence-corrected chi connectivity index (χ4v) is 4.42. The predicted octanol–water partition coefficient (Wildman–Crippen LogP) is 4.90. The highest BCUT2D eigenvalue weighted by Crippen LogP contribution is 2.27. The minimum absolute atomic E-state index is 0.195. The van der Waals surface area contributed by atoms with Crippen molar-refractivity contribution in [3.05, 3.63) is 105 Å². The van der Waals surface area contributed by atoms with Crippen molar-refractivity contribution in [3.8, 4) is 5.69 Å². The van der Waals surface area contributed by atoms with Crippen LogP contribution in [0.3, 0.4) is 0 Å². The van der Waals surface area contributed by atoms with Gasteiger partial charge in [-0.2, -0.15) is 0 Å². The third-order valence-corrected chi connectivity index (χ3v) is 6.62. The summed E-state index contributed by atoms with van der Waals surface area (Å²) in [5.41, 5.74) is 5.40. The summed E-state index contributed by atoms with van der Waals surface area (Å²) >= 11 is 12.1. The predicted molar refractivity (Wildman–Crippen MR) is 132 cm³/mol. The van der Waals surface area contributed by atoms with Crippen molar-refractivity contribution >= 4 is 34.2 Å². The third-order valence-electron chi connectivity index (χ3n) is 5.88. The SMILES string of the molecule is Cc1ccccc1-n1cc(Cn2c(=N)n(CC(O)c3ccc(Cl)c(Cl)c3)c3ccccc32)nn1. The fourth-order valence-electron chi connectivity index (χ4n) is 4.11. The van der Waals surface area contributed by atoms with Gasteiger partial charge in [0, 0.05) is 0 Å². The van der Waals surface area contributed by atoms with Crippen molar-refractivity contribution in [1.29, 1.82) is 5.41 Å². The number of aliphatic hydroxyl groups is 1. The van der Waals surface area contributed by atoms with Crippen LogP contribution in [0.1, 0.15) is 22.9 Å². The van der Waals surface area contributed by atoms with Crippen molar-refractivity contribution < 1.29 is 5.11 Å². The quantitative estimate of drug-likeness (QED) is 0.353. The van der Waals surface area contributed by atoms with Gasteiger partial charge >= 0.3 is 0 Å². The molecular formula is C25H22Cl2N6O. The summed E-state index contributed by atoms with van der Waals surface area (Å²) in [5, 5.41) is 29.2. The lowest BCUT2D eigenvalue weighted by molar-refractivity contribution is 0.155. The van der Waals surface area contributed by atoms with Gasteiger partial charge in [-0.3, -0.25) is 5.41 Å². The zero-order valence-electron chi connectivity index (χ0n) is 18.4. The van der Waals surface area contributed by atoms with Crippen LogP contribution in [0.5, 0.6) is 0 Å². The van der Waals surface area contributed by atoms with Crippen molar-refractivity contribution in [2.45, 2.75) is 26.1 Å². The molecule has 0 fully saturated rings. The lowest BCUT2D eigenvalue weighted by Gasteiger charge is -2.13. The van der Waals surface area contributed by atoms with E-state index in [-0.39, 0.29) is 12.2 Å². The van der Waals surface area contributed by atoms with Gasteiger partial charge in [0.05, 0.1) is 52.2 Å². The number of para-hydroxylation sites is 3. The molecule has 2 N–H and O–H groups in total. The summed E-state index contributed by atoms with van der Waals surface area (Å²) in [4.78, 5) is 0. The van der Waals surface area contributed by atoms with Crippen LogP contribution >= 0.6 is 23.2 Å². The van der Waals surface area contributed by atoms with Crippen LogP contribution in [0.2, 0.25) is 10.0 Å². The van der Waals surface area contributed by atoms with E-state index in [1.54, 1.807) is 27.4 Å². The van der Waals surface area contributed by atoms with E-state index < -0.39 is 6.10 Å². The minimum atomic E-state index is -0.856. The van der Waals surface area contributed by atoms with Crippen LogP contribution in [0.4, 0.5) is 0 Å². The molecule has 7 nitrogen and oxygen atoms in total. The molecule has 1 atom stereocenters. The molecule has 1 unspecified atom stereocenters. The Morgan fingerprint density at radius 1 is 0.941 bits per heavy atom. The first-order valence-electron chi connectivity index (χ1n) is 10.8. The van der Waals surface area contributed by atoms with E-state index >= 15 is 0 Å². The minimum Gasteiger partial charge on any atom is -0.387 e. The maximum Gasteiger partial charge on any atom is 0.203 e. The van der Waals surface area contributed by atoms with Crippen LogP contribution in [0.15, 0.2) is 72.9 Å². The average Bonchev–Trinajstić information content (AvgIpc) is 3.40. The Labute approximate surface area is 205 Å². The summed E-state index contributed by atoms with van der Waals surface area (Å²) in [5.74, 6) is 0. The van der Waals surface area contributed by atoms with E-state index in [1.165, 1.54) is 0 Å². The Morgan fingerprint density at radius 2 is 1.65 bits per heavy atom. The van der Waals surface area contributed by atoms with E-state index in [1.807, 2.05) is 66.2 Å². The molecule has 2 aromatic heterocycles. The Bertz CT molecular complexity index is 1550. The molecule has 0 aliphatic rings. The number of nitrogens with zero attached hydrogens (tertiary/aromatic N) is 5. The van der Waals surface area contributed by atoms with Crippen LogP contribution in [0.25, 0.3) is 16.7 Å². The van der Waals surface area contributed by atoms with Crippen LogP contribution in [-0.2, 0) is 13.1 Å².